The van der Waals surface area contributed by atoms with Crippen molar-refractivity contribution in [2.45, 2.75) is 6.54 Å². The highest BCUT2D eigenvalue weighted by molar-refractivity contribution is 8.18. The lowest BCUT2D eigenvalue weighted by molar-refractivity contribution is -0.123. The molecule has 3 aromatic carbocycles. The molecule has 4 rings (SSSR count). The molecule has 0 bridgehead atoms. The molecule has 0 spiro atoms. The quantitative estimate of drug-likeness (QED) is 0.596. The highest BCUT2D eigenvalue weighted by Gasteiger charge is 2.35. The molecule has 1 aliphatic rings. The molecule has 3 aromatic rings. The number of benzene rings is 3. The number of hydrogen-bond donors (Lipinski definition) is 0. The summed E-state index contributed by atoms with van der Waals surface area (Å²) in [5, 5.41) is 1.90. The third kappa shape index (κ3) is 3.46. The number of imide groups is 1. The number of rotatable bonds is 4. The average Bonchev–Trinajstić information content (AvgIpc) is 2.96. The molecule has 134 valence electrons. The molecule has 0 unspecified atom stereocenters. The van der Waals surface area contributed by atoms with E-state index in [0.29, 0.717) is 10.7 Å². The smallest absolute Gasteiger partial charge is 0.293 e. The van der Waals surface area contributed by atoms with E-state index < -0.39 is 0 Å². The predicted molar refractivity (Wildman–Crippen MR) is 108 cm³/mol. The van der Waals surface area contributed by atoms with Crippen molar-refractivity contribution < 1.29 is 14.3 Å². The third-order valence-corrected chi connectivity index (χ3v) is 5.38. The van der Waals surface area contributed by atoms with Gasteiger partial charge in [0.1, 0.15) is 5.75 Å². The Labute approximate surface area is 161 Å². The predicted octanol–water partition coefficient (Wildman–Crippen LogP) is 5.08. The molecule has 1 saturated heterocycles. The van der Waals surface area contributed by atoms with E-state index in [1.807, 2.05) is 66.7 Å². The molecule has 0 radical (unpaired) electrons. The van der Waals surface area contributed by atoms with Crippen molar-refractivity contribution in [1.82, 2.24) is 4.90 Å². The monoisotopic (exact) mass is 375 g/mol. The van der Waals surface area contributed by atoms with E-state index in [1.54, 1.807) is 13.2 Å². The van der Waals surface area contributed by atoms with Crippen LogP contribution < -0.4 is 4.74 Å². The van der Waals surface area contributed by atoms with Gasteiger partial charge in [-0.05, 0) is 51.9 Å². The SMILES string of the molecule is COc1cccc(/C=C2/SC(=O)N(Cc3cccc4ccccc34)C2=O)c1. The molecule has 0 aliphatic carbocycles. The highest BCUT2D eigenvalue weighted by atomic mass is 32.2. The Balaban J connectivity index is 1.62. The summed E-state index contributed by atoms with van der Waals surface area (Å²) in [6, 6.07) is 21.3. The van der Waals surface area contributed by atoms with Gasteiger partial charge < -0.3 is 4.74 Å². The fourth-order valence-corrected chi connectivity index (χ4v) is 3.96. The Kier molecular flexibility index (Phi) is 4.69. The van der Waals surface area contributed by atoms with E-state index in [1.165, 1.54) is 4.90 Å². The van der Waals surface area contributed by atoms with Gasteiger partial charge in [-0.3, -0.25) is 14.5 Å². The van der Waals surface area contributed by atoms with Gasteiger partial charge in [0.15, 0.2) is 0 Å². The topological polar surface area (TPSA) is 46.6 Å². The van der Waals surface area contributed by atoms with Gasteiger partial charge in [-0.15, -0.1) is 0 Å². The Bertz CT molecular complexity index is 1070. The van der Waals surface area contributed by atoms with Crippen LogP contribution >= 0.6 is 11.8 Å². The Morgan fingerprint density at radius 2 is 1.78 bits per heavy atom. The van der Waals surface area contributed by atoms with Crippen LogP contribution in [0.5, 0.6) is 5.75 Å². The van der Waals surface area contributed by atoms with Crippen molar-refractivity contribution in [2.75, 3.05) is 7.11 Å². The van der Waals surface area contributed by atoms with E-state index >= 15 is 0 Å². The van der Waals surface area contributed by atoms with Crippen LogP contribution in [0.15, 0.2) is 71.6 Å². The Hall–Kier alpha value is -3.05. The Morgan fingerprint density at radius 3 is 2.63 bits per heavy atom. The zero-order valence-electron chi connectivity index (χ0n) is 14.7. The molecule has 0 atom stereocenters. The summed E-state index contributed by atoms with van der Waals surface area (Å²) in [4.78, 5) is 27.0. The van der Waals surface area contributed by atoms with Gasteiger partial charge in [-0.2, -0.15) is 0 Å². The Morgan fingerprint density at radius 1 is 1.00 bits per heavy atom. The normalized spacial score (nSPS) is 15.7. The fraction of sp³-hybridized carbons (Fsp3) is 0.0909. The van der Waals surface area contributed by atoms with Crippen molar-refractivity contribution >= 4 is 39.8 Å². The number of ether oxygens (including phenoxy) is 1. The first-order valence-electron chi connectivity index (χ1n) is 8.52. The van der Waals surface area contributed by atoms with Crippen LogP contribution in [0.25, 0.3) is 16.8 Å². The third-order valence-electron chi connectivity index (χ3n) is 4.47. The first-order valence-corrected chi connectivity index (χ1v) is 9.33. The molecule has 0 saturated carbocycles. The van der Waals surface area contributed by atoms with Gasteiger partial charge in [0, 0.05) is 0 Å². The lowest BCUT2D eigenvalue weighted by Gasteiger charge is -2.14. The van der Waals surface area contributed by atoms with E-state index in [0.717, 1.165) is 33.7 Å². The highest BCUT2D eigenvalue weighted by Crippen LogP contribution is 2.34. The van der Waals surface area contributed by atoms with Crippen LogP contribution in [0.3, 0.4) is 0 Å². The second-order valence-corrected chi connectivity index (χ2v) is 7.18. The summed E-state index contributed by atoms with van der Waals surface area (Å²) in [5.41, 5.74) is 1.78. The first kappa shape index (κ1) is 17.4. The molecule has 1 aliphatic heterocycles. The van der Waals surface area contributed by atoms with Crippen molar-refractivity contribution in [2.24, 2.45) is 0 Å². The fourth-order valence-electron chi connectivity index (χ4n) is 3.12. The summed E-state index contributed by atoms with van der Waals surface area (Å²) in [6.07, 6.45) is 1.73. The molecule has 0 aromatic heterocycles. The van der Waals surface area contributed by atoms with Gasteiger partial charge in [0.25, 0.3) is 11.1 Å². The van der Waals surface area contributed by atoms with Crippen LogP contribution in [0.1, 0.15) is 11.1 Å². The zero-order chi connectivity index (χ0) is 18.8. The number of hydrogen-bond acceptors (Lipinski definition) is 4. The van der Waals surface area contributed by atoms with Crippen molar-refractivity contribution in [3.05, 3.63) is 82.8 Å². The average molecular weight is 375 g/mol. The van der Waals surface area contributed by atoms with Gasteiger partial charge >= 0.3 is 0 Å². The van der Waals surface area contributed by atoms with E-state index in [2.05, 4.69) is 0 Å². The second-order valence-electron chi connectivity index (χ2n) is 6.18. The molecule has 5 heteroatoms. The summed E-state index contributed by atoms with van der Waals surface area (Å²) in [6.45, 7) is 0.265. The van der Waals surface area contributed by atoms with Gasteiger partial charge in [0.05, 0.1) is 18.6 Å². The van der Waals surface area contributed by atoms with E-state index in [-0.39, 0.29) is 17.7 Å². The van der Waals surface area contributed by atoms with Crippen LogP contribution in [0, 0.1) is 0 Å². The lowest BCUT2D eigenvalue weighted by atomic mass is 10.0. The van der Waals surface area contributed by atoms with Crippen LogP contribution in [0.2, 0.25) is 0 Å². The van der Waals surface area contributed by atoms with E-state index in [9.17, 15) is 9.59 Å². The van der Waals surface area contributed by atoms with Crippen LogP contribution in [-0.2, 0) is 11.3 Å². The summed E-state index contributed by atoms with van der Waals surface area (Å²) >= 11 is 0.972. The standard InChI is InChI=1S/C22H17NO3S/c1-26-18-10-4-6-15(12-18)13-20-21(24)23(22(25)27-20)14-17-9-5-8-16-7-2-3-11-19(16)17/h2-13H,14H2,1H3/b20-13+. The maximum atomic E-state index is 12.8. The maximum Gasteiger partial charge on any atom is 0.293 e. The first-order chi connectivity index (χ1) is 13.2. The number of methoxy groups -OCH3 is 1. The maximum absolute atomic E-state index is 12.8. The number of nitrogens with zero attached hydrogens (tertiary/aromatic N) is 1. The van der Waals surface area contributed by atoms with Crippen LogP contribution in [0.4, 0.5) is 4.79 Å². The summed E-state index contributed by atoms with van der Waals surface area (Å²) in [5.74, 6) is 0.444. The molecule has 27 heavy (non-hydrogen) atoms. The molecule has 1 fully saturated rings. The van der Waals surface area contributed by atoms with E-state index in [4.69, 9.17) is 4.74 Å². The molecular formula is C22H17NO3S. The van der Waals surface area contributed by atoms with Crippen molar-refractivity contribution in [3.63, 3.8) is 0 Å². The largest absolute Gasteiger partial charge is 0.497 e. The number of amides is 2. The van der Waals surface area contributed by atoms with Gasteiger partial charge in [0.2, 0.25) is 0 Å². The minimum Gasteiger partial charge on any atom is -0.497 e. The molecule has 0 N–H and O–H groups in total. The van der Waals surface area contributed by atoms with Gasteiger partial charge in [-0.1, -0.05) is 54.6 Å². The molecule has 4 nitrogen and oxygen atoms in total. The molecular weight excluding hydrogens is 358 g/mol. The minimum absolute atomic E-state index is 0.248. The summed E-state index contributed by atoms with van der Waals surface area (Å²) < 4.78 is 5.21. The molecule has 1 heterocycles. The van der Waals surface area contributed by atoms with Crippen molar-refractivity contribution in [1.29, 1.82) is 0 Å². The summed E-state index contributed by atoms with van der Waals surface area (Å²) in [7, 11) is 1.59. The lowest BCUT2D eigenvalue weighted by Crippen LogP contribution is -2.27. The molecule has 2 amide bonds. The number of fused-ring (bicyclic) bond motifs is 1. The minimum atomic E-state index is -0.263. The van der Waals surface area contributed by atoms with Crippen LogP contribution in [-0.4, -0.2) is 23.2 Å². The number of thioether (sulfide) groups is 1. The van der Waals surface area contributed by atoms with Crippen molar-refractivity contribution in [3.8, 4) is 5.75 Å². The number of carbonyl (C=O) groups excluding carboxylic acids is 2. The number of carbonyl (C=O) groups is 2. The van der Waals surface area contributed by atoms with Gasteiger partial charge in [-0.25, -0.2) is 0 Å². The zero-order valence-corrected chi connectivity index (χ0v) is 15.5. The second kappa shape index (κ2) is 7.29.